The second-order valence-electron chi connectivity index (χ2n) is 6.38. The molecule has 0 spiro atoms. The summed E-state index contributed by atoms with van der Waals surface area (Å²) in [4.78, 5) is 25.4. The standard InChI is InChI=1S/C21H20ClFN2O4/c1-28-18-11-13(10-15(22)21(18)29-2)5-8-19(26)24-14-6-7-17(16(23)12-14)25-9-3-4-20(25)27/h5-8,10-12H,3-4,9H2,1-2H3,(H,24,26)/b8-5+. The van der Waals surface area contributed by atoms with E-state index in [4.69, 9.17) is 21.1 Å². The monoisotopic (exact) mass is 418 g/mol. The van der Waals surface area contributed by atoms with Gasteiger partial charge in [0.1, 0.15) is 5.82 Å². The number of anilines is 2. The van der Waals surface area contributed by atoms with Gasteiger partial charge in [-0.3, -0.25) is 9.59 Å². The molecule has 1 aliphatic rings. The summed E-state index contributed by atoms with van der Waals surface area (Å²) in [5.41, 5.74) is 1.15. The number of carbonyl (C=O) groups is 2. The Balaban J connectivity index is 1.70. The number of carbonyl (C=O) groups excluding carboxylic acids is 2. The highest BCUT2D eigenvalue weighted by Gasteiger charge is 2.24. The average molecular weight is 419 g/mol. The number of nitrogens with zero attached hydrogens (tertiary/aromatic N) is 1. The summed E-state index contributed by atoms with van der Waals surface area (Å²) in [5, 5.41) is 2.94. The van der Waals surface area contributed by atoms with Gasteiger partial charge in [-0.2, -0.15) is 0 Å². The minimum atomic E-state index is -0.561. The van der Waals surface area contributed by atoms with Gasteiger partial charge in [0.2, 0.25) is 11.8 Å². The molecule has 0 radical (unpaired) electrons. The number of amides is 2. The molecule has 0 atom stereocenters. The molecule has 2 amide bonds. The zero-order valence-corrected chi connectivity index (χ0v) is 16.8. The van der Waals surface area contributed by atoms with E-state index in [0.29, 0.717) is 41.5 Å². The third kappa shape index (κ3) is 4.68. The van der Waals surface area contributed by atoms with E-state index < -0.39 is 11.7 Å². The number of nitrogens with one attached hydrogen (secondary N) is 1. The number of halogens is 2. The third-order valence-electron chi connectivity index (χ3n) is 4.46. The van der Waals surface area contributed by atoms with Gasteiger partial charge >= 0.3 is 0 Å². The molecule has 152 valence electrons. The molecule has 3 rings (SSSR count). The van der Waals surface area contributed by atoms with Crippen LogP contribution in [0.15, 0.2) is 36.4 Å². The fourth-order valence-electron chi connectivity index (χ4n) is 3.10. The molecule has 1 heterocycles. The molecule has 8 heteroatoms. The van der Waals surface area contributed by atoms with Crippen molar-refractivity contribution >= 4 is 40.9 Å². The molecule has 1 saturated heterocycles. The smallest absolute Gasteiger partial charge is 0.248 e. The summed E-state index contributed by atoms with van der Waals surface area (Å²) >= 11 is 6.15. The van der Waals surface area contributed by atoms with E-state index in [1.165, 1.54) is 37.3 Å². The average Bonchev–Trinajstić information content (AvgIpc) is 3.11. The summed E-state index contributed by atoms with van der Waals surface area (Å²) in [6.45, 7) is 0.498. The van der Waals surface area contributed by atoms with Crippen LogP contribution in [0.1, 0.15) is 18.4 Å². The minimum Gasteiger partial charge on any atom is -0.493 e. The molecular weight excluding hydrogens is 399 g/mol. The Kier molecular flexibility index (Phi) is 6.39. The van der Waals surface area contributed by atoms with E-state index in [9.17, 15) is 14.0 Å². The van der Waals surface area contributed by atoms with Crippen molar-refractivity contribution in [1.82, 2.24) is 0 Å². The molecule has 1 aliphatic heterocycles. The highest BCUT2D eigenvalue weighted by molar-refractivity contribution is 6.32. The van der Waals surface area contributed by atoms with E-state index in [1.807, 2.05) is 0 Å². The summed E-state index contributed by atoms with van der Waals surface area (Å²) in [6.07, 6.45) is 3.98. The summed E-state index contributed by atoms with van der Waals surface area (Å²) in [6, 6.07) is 7.55. The Labute approximate surface area is 172 Å². The first kappa shape index (κ1) is 20.7. The van der Waals surface area contributed by atoms with Crippen molar-refractivity contribution in [3.05, 3.63) is 52.8 Å². The first-order chi connectivity index (χ1) is 13.9. The quantitative estimate of drug-likeness (QED) is 0.711. The van der Waals surface area contributed by atoms with E-state index in [-0.39, 0.29) is 17.3 Å². The molecular formula is C21H20ClFN2O4. The van der Waals surface area contributed by atoms with Crippen LogP contribution in [-0.4, -0.2) is 32.6 Å². The van der Waals surface area contributed by atoms with Crippen LogP contribution < -0.4 is 19.7 Å². The van der Waals surface area contributed by atoms with Crippen LogP contribution in [0.2, 0.25) is 5.02 Å². The largest absolute Gasteiger partial charge is 0.493 e. The zero-order valence-electron chi connectivity index (χ0n) is 16.0. The normalized spacial score (nSPS) is 13.8. The second-order valence-corrected chi connectivity index (χ2v) is 6.78. The zero-order chi connectivity index (χ0) is 21.0. The summed E-state index contributed by atoms with van der Waals surface area (Å²) < 4.78 is 24.8. The van der Waals surface area contributed by atoms with E-state index in [0.717, 1.165) is 0 Å². The van der Waals surface area contributed by atoms with Crippen LogP contribution >= 0.6 is 11.6 Å². The predicted molar refractivity (Wildman–Crippen MR) is 110 cm³/mol. The lowest BCUT2D eigenvalue weighted by Gasteiger charge is -2.17. The molecule has 0 saturated carbocycles. The molecule has 29 heavy (non-hydrogen) atoms. The summed E-state index contributed by atoms with van der Waals surface area (Å²) in [5.74, 6) is -0.261. The molecule has 0 bridgehead atoms. The van der Waals surface area contributed by atoms with Crippen LogP contribution in [0.25, 0.3) is 6.08 Å². The van der Waals surface area contributed by atoms with Crippen LogP contribution in [0.3, 0.4) is 0 Å². The Hall–Kier alpha value is -3.06. The van der Waals surface area contributed by atoms with Crippen molar-refractivity contribution in [2.45, 2.75) is 12.8 Å². The lowest BCUT2D eigenvalue weighted by atomic mass is 10.2. The summed E-state index contributed by atoms with van der Waals surface area (Å²) in [7, 11) is 2.97. The molecule has 0 unspecified atom stereocenters. The molecule has 2 aromatic carbocycles. The number of benzene rings is 2. The second kappa shape index (κ2) is 8.96. The maximum atomic E-state index is 14.4. The highest BCUT2D eigenvalue weighted by Crippen LogP contribution is 2.36. The molecule has 1 N–H and O–H groups in total. The third-order valence-corrected chi connectivity index (χ3v) is 4.74. The van der Waals surface area contributed by atoms with E-state index in [2.05, 4.69) is 5.32 Å². The van der Waals surface area contributed by atoms with Crippen molar-refractivity contribution in [2.24, 2.45) is 0 Å². The van der Waals surface area contributed by atoms with Gasteiger partial charge < -0.3 is 19.7 Å². The first-order valence-electron chi connectivity index (χ1n) is 8.93. The van der Waals surface area contributed by atoms with Gasteiger partial charge in [0, 0.05) is 24.7 Å². The number of hydrogen-bond donors (Lipinski definition) is 1. The van der Waals surface area contributed by atoms with Crippen LogP contribution in [0.4, 0.5) is 15.8 Å². The van der Waals surface area contributed by atoms with Gasteiger partial charge in [0.05, 0.1) is 24.9 Å². The molecule has 6 nitrogen and oxygen atoms in total. The Morgan fingerprint density at radius 3 is 2.66 bits per heavy atom. The van der Waals surface area contributed by atoms with Crippen molar-refractivity contribution in [3.63, 3.8) is 0 Å². The number of ether oxygens (including phenoxy) is 2. The van der Waals surface area contributed by atoms with Gasteiger partial charge in [-0.15, -0.1) is 0 Å². The lowest BCUT2D eigenvalue weighted by molar-refractivity contribution is -0.117. The maximum Gasteiger partial charge on any atom is 0.248 e. The van der Waals surface area contributed by atoms with Crippen molar-refractivity contribution in [2.75, 3.05) is 31.0 Å². The van der Waals surface area contributed by atoms with E-state index in [1.54, 1.807) is 24.3 Å². The highest BCUT2D eigenvalue weighted by atomic mass is 35.5. The Morgan fingerprint density at radius 1 is 1.24 bits per heavy atom. The molecule has 0 aromatic heterocycles. The van der Waals surface area contributed by atoms with E-state index >= 15 is 0 Å². The first-order valence-corrected chi connectivity index (χ1v) is 9.31. The minimum absolute atomic E-state index is 0.0998. The maximum absolute atomic E-state index is 14.4. The Morgan fingerprint density at radius 2 is 2.03 bits per heavy atom. The van der Waals surface area contributed by atoms with Crippen molar-refractivity contribution in [3.8, 4) is 11.5 Å². The molecule has 2 aromatic rings. The van der Waals surface area contributed by atoms with Gasteiger partial charge in [-0.1, -0.05) is 11.6 Å². The molecule has 0 aliphatic carbocycles. The predicted octanol–water partition coefficient (Wildman–Crippen LogP) is 4.28. The van der Waals surface area contributed by atoms with Crippen LogP contribution in [0.5, 0.6) is 11.5 Å². The molecule has 1 fully saturated rings. The van der Waals surface area contributed by atoms with Crippen molar-refractivity contribution < 1.29 is 23.5 Å². The lowest BCUT2D eigenvalue weighted by Crippen LogP contribution is -2.24. The SMILES string of the molecule is COc1cc(/C=C/C(=O)Nc2ccc(N3CCCC3=O)c(F)c2)cc(Cl)c1OC. The van der Waals surface area contributed by atoms with Crippen LogP contribution in [-0.2, 0) is 9.59 Å². The Bertz CT molecular complexity index is 977. The van der Waals surface area contributed by atoms with Gasteiger partial charge in [0.15, 0.2) is 11.5 Å². The van der Waals surface area contributed by atoms with Gasteiger partial charge in [0.25, 0.3) is 0 Å². The van der Waals surface area contributed by atoms with Gasteiger partial charge in [-0.25, -0.2) is 4.39 Å². The number of rotatable bonds is 6. The number of hydrogen-bond acceptors (Lipinski definition) is 4. The fourth-order valence-corrected chi connectivity index (χ4v) is 3.39. The van der Waals surface area contributed by atoms with Gasteiger partial charge in [-0.05, 0) is 48.4 Å². The van der Waals surface area contributed by atoms with Crippen molar-refractivity contribution in [1.29, 1.82) is 0 Å². The number of methoxy groups -OCH3 is 2. The topological polar surface area (TPSA) is 67.9 Å². The van der Waals surface area contributed by atoms with Crippen LogP contribution in [0, 0.1) is 5.82 Å². The fraction of sp³-hybridized carbons (Fsp3) is 0.238.